The minimum atomic E-state index is -0.799. The summed E-state index contributed by atoms with van der Waals surface area (Å²) in [6, 6.07) is 11.8. The van der Waals surface area contributed by atoms with Gasteiger partial charge in [0.25, 0.3) is 5.56 Å². The van der Waals surface area contributed by atoms with Crippen LogP contribution in [0.1, 0.15) is 31.0 Å². The molecule has 0 bridgehead atoms. The maximum absolute atomic E-state index is 13.8. The fraction of sp³-hybridized carbons (Fsp3) is 0.259. The summed E-state index contributed by atoms with van der Waals surface area (Å²) in [7, 11) is 1.28. The molecule has 0 aliphatic carbocycles. The van der Waals surface area contributed by atoms with Gasteiger partial charge in [-0.25, -0.2) is 9.79 Å². The second-order valence-corrected chi connectivity index (χ2v) is 9.80. The number of nitrogens with zero attached hydrogens (tertiary/aromatic N) is 3. The number of esters is 1. The number of methoxy groups -OCH3 is 1. The Morgan fingerprint density at radius 3 is 2.58 bits per heavy atom. The first-order valence-electron chi connectivity index (χ1n) is 11.7. The first kappa shape index (κ1) is 27.2. The third-order valence-electron chi connectivity index (χ3n) is 5.56. The van der Waals surface area contributed by atoms with E-state index in [9.17, 15) is 9.59 Å². The molecule has 38 heavy (non-hydrogen) atoms. The normalized spacial score (nSPS) is 14.6. The van der Waals surface area contributed by atoms with Gasteiger partial charge in [-0.15, -0.1) is 0 Å². The molecule has 2 aromatic carbocycles. The quantitative estimate of drug-likeness (QED) is 0.347. The van der Waals surface area contributed by atoms with Gasteiger partial charge in [-0.05, 0) is 55.8 Å². The van der Waals surface area contributed by atoms with E-state index in [1.165, 1.54) is 29.2 Å². The molecule has 0 N–H and O–H groups in total. The number of halogens is 1. The predicted molar refractivity (Wildman–Crippen MR) is 145 cm³/mol. The minimum absolute atomic E-state index is 0.133. The van der Waals surface area contributed by atoms with Crippen molar-refractivity contribution in [3.8, 4) is 23.3 Å². The van der Waals surface area contributed by atoms with Crippen molar-refractivity contribution in [3.05, 3.63) is 83.5 Å². The number of hydrogen-bond donors (Lipinski definition) is 0. The van der Waals surface area contributed by atoms with Gasteiger partial charge in [0, 0.05) is 16.2 Å². The molecule has 3 aromatic rings. The van der Waals surface area contributed by atoms with Crippen LogP contribution in [0, 0.1) is 11.3 Å². The van der Waals surface area contributed by atoms with Gasteiger partial charge in [-0.2, -0.15) is 5.26 Å². The Bertz CT molecular complexity index is 1620. The van der Waals surface area contributed by atoms with Crippen LogP contribution >= 0.6 is 27.3 Å². The van der Waals surface area contributed by atoms with Gasteiger partial charge in [0.1, 0.15) is 11.8 Å². The Kier molecular flexibility index (Phi) is 8.66. The predicted octanol–water partition coefficient (Wildman–Crippen LogP) is 3.48. The largest absolute Gasteiger partial charge is 0.490 e. The number of hydrogen-bond acceptors (Lipinski definition) is 9. The van der Waals surface area contributed by atoms with Crippen LogP contribution in [0.3, 0.4) is 0 Å². The number of aromatic nitrogens is 1. The number of carbonyl (C=O) groups excluding carboxylic acids is 1. The molecule has 0 amide bonds. The number of rotatable bonds is 9. The van der Waals surface area contributed by atoms with Crippen LogP contribution in [0.25, 0.3) is 6.08 Å². The molecule has 1 aliphatic heterocycles. The molecule has 0 unspecified atom stereocenters. The SMILES string of the molecule is CCOc1ccc([C@H]2C(C(=O)OC)=CN=c3s/c(=C\c4cc(Br)ccc4OCC#N)c(=O)n32)cc1OCC. The van der Waals surface area contributed by atoms with Crippen molar-refractivity contribution in [2.24, 2.45) is 4.99 Å². The average Bonchev–Trinajstić information content (AvgIpc) is 3.23. The summed E-state index contributed by atoms with van der Waals surface area (Å²) in [5.41, 5.74) is 1.12. The molecule has 0 radical (unpaired) electrons. The third-order valence-corrected chi connectivity index (χ3v) is 7.05. The molecule has 4 rings (SSSR count). The Morgan fingerprint density at radius 1 is 1.13 bits per heavy atom. The number of ether oxygens (including phenoxy) is 4. The van der Waals surface area contributed by atoms with Crippen LogP contribution in [-0.2, 0) is 9.53 Å². The van der Waals surface area contributed by atoms with E-state index in [1.807, 2.05) is 19.9 Å². The van der Waals surface area contributed by atoms with Gasteiger partial charge in [0.2, 0.25) is 0 Å². The maximum Gasteiger partial charge on any atom is 0.337 e. The van der Waals surface area contributed by atoms with Gasteiger partial charge in [-0.1, -0.05) is 33.3 Å². The zero-order chi connectivity index (χ0) is 27.2. The van der Waals surface area contributed by atoms with E-state index < -0.39 is 12.0 Å². The molecule has 1 aromatic heterocycles. The smallest absolute Gasteiger partial charge is 0.337 e. The van der Waals surface area contributed by atoms with E-state index in [-0.39, 0.29) is 17.7 Å². The molecule has 1 aliphatic rings. The Morgan fingerprint density at radius 2 is 1.87 bits per heavy atom. The zero-order valence-electron chi connectivity index (χ0n) is 20.9. The van der Waals surface area contributed by atoms with Gasteiger partial charge < -0.3 is 18.9 Å². The van der Waals surface area contributed by atoms with E-state index in [4.69, 9.17) is 24.2 Å². The lowest BCUT2D eigenvalue weighted by atomic mass is 9.97. The van der Waals surface area contributed by atoms with Crippen molar-refractivity contribution in [2.45, 2.75) is 19.9 Å². The molecule has 0 saturated carbocycles. The molecular weight excluding hydrogens is 574 g/mol. The summed E-state index contributed by atoms with van der Waals surface area (Å²) in [5.74, 6) is 0.927. The molecule has 0 saturated heterocycles. The Labute approximate surface area is 231 Å². The highest BCUT2D eigenvalue weighted by Crippen LogP contribution is 2.35. The molecule has 0 spiro atoms. The van der Waals surface area contributed by atoms with Crippen LogP contribution in [0.5, 0.6) is 17.2 Å². The molecule has 2 heterocycles. The summed E-state index contributed by atoms with van der Waals surface area (Å²) in [6.07, 6.45) is 3.12. The molecular formula is C27H24BrN3O6S. The van der Waals surface area contributed by atoms with Crippen molar-refractivity contribution in [2.75, 3.05) is 26.9 Å². The first-order valence-corrected chi connectivity index (χ1v) is 13.3. The summed E-state index contributed by atoms with van der Waals surface area (Å²) >= 11 is 4.62. The van der Waals surface area contributed by atoms with E-state index in [0.29, 0.717) is 50.9 Å². The highest BCUT2D eigenvalue weighted by atomic mass is 79.9. The van der Waals surface area contributed by atoms with Crippen LogP contribution in [0.4, 0.5) is 0 Å². The van der Waals surface area contributed by atoms with Crippen molar-refractivity contribution >= 4 is 39.3 Å². The second kappa shape index (κ2) is 12.1. The maximum atomic E-state index is 13.8. The lowest BCUT2D eigenvalue weighted by molar-refractivity contribution is -0.136. The van der Waals surface area contributed by atoms with Crippen molar-refractivity contribution in [1.82, 2.24) is 4.57 Å². The highest BCUT2D eigenvalue weighted by molar-refractivity contribution is 9.10. The van der Waals surface area contributed by atoms with Crippen LogP contribution in [0.2, 0.25) is 0 Å². The number of nitriles is 1. The fourth-order valence-electron chi connectivity index (χ4n) is 4.00. The van der Waals surface area contributed by atoms with Crippen molar-refractivity contribution in [3.63, 3.8) is 0 Å². The zero-order valence-corrected chi connectivity index (χ0v) is 23.3. The van der Waals surface area contributed by atoms with Crippen molar-refractivity contribution in [1.29, 1.82) is 5.26 Å². The molecule has 196 valence electrons. The standard InChI is InChI=1S/C27H24BrN3O6S/c1-4-35-21-8-6-16(13-22(21)36-5-2)24-19(26(33)34-3)15-30-27-31(24)25(32)23(38-27)14-17-12-18(28)7-9-20(17)37-11-10-29/h6-9,12-15,24H,4-5,11H2,1-3H3/b23-14-/t24-/m0/s1. The molecule has 9 nitrogen and oxygen atoms in total. The highest BCUT2D eigenvalue weighted by Gasteiger charge is 2.31. The van der Waals surface area contributed by atoms with Crippen LogP contribution in [0.15, 0.2) is 62.4 Å². The minimum Gasteiger partial charge on any atom is -0.490 e. The second-order valence-electron chi connectivity index (χ2n) is 7.88. The number of fused-ring (bicyclic) bond motifs is 1. The number of carbonyl (C=O) groups is 1. The molecule has 0 fully saturated rings. The summed E-state index contributed by atoms with van der Waals surface area (Å²) in [5, 5.41) is 8.93. The Hall–Kier alpha value is -3.88. The first-order chi connectivity index (χ1) is 18.4. The van der Waals surface area contributed by atoms with E-state index in [0.717, 1.165) is 4.47 Å². The van der Waals surface area contributed by atoms with Gasteiger partial charge in [0.05, 0.1) is 36.5 Å². The summed E-state index contributed by atoms with van der Waals surface area (Å²) < 4.78 is 24.7. The van der Waals surface area contributed by atoms with Gasteiger partial charge >= 0.3 is 5.97 Å². The van der Waals surface area contributed by atoms with E-state index >= 15 is 0 Å². The lowest BCUT2D eigenvalue weighted by Crippen LogP contribution is -2.39. The summed E-state index contributed by atoms with van der Waals surface area (Å²) in [6.45, 7) is 4.47. The van der Waals surface area contributed by atoms with Crippen LogP contribution in [-0.4, -0.2) is 37.5 Å². The third kappa shape index (κ3) is 5.51. The topological polar surface area (TPSA) is 112 Å². The van der Waals surface area contributed by atoms with Crippen LogP contribution < -0.4 is 29.1 Å². The monoisotopic (exact) mass is 597 g/mol. The number of benzene rings is 2. The van der Waals surface area contributed by atoms with Gasteiger partial charge in [0.15, 0.2) is 22.9 Å². The average molecular weight is 598 g/mol. The van der Waals surface area contributed by atoms with E-state index in [2.05, 4.69) is 20.9 Å². The van der Waals surface area contributed by atoms with Gasteiger partial charge in [-0.3, -0.25) is 9.36 Å². The molecule has 11 heteroatoms. The van der Waals surface area contributed by atoms with Crippen molar-refractivity contribution < 1.29 is 23.7 Å². The fourth-order valence-corrected chi connectivity index (χ4v) is 5.34. The van der Waals surface area contributed by atoms with E-state index in [1.54, 1.807) is 42.5 Å². The molecule has 1 atom stereocenters. The number of thiazole rings is 1. The Balaban J connectivity index is 1.91. The summed E-state index contributed by atoms with van der Waals surface area (Å²) in [4.78, 5) is 31.4. The lowest BCUT2D eigenvalue weighted by Gasteiger charge is -2.23.